The summed E-state index contributed by atoms with van der Waals surface area (Å²) in [7, 11) is 1.57. The maximum Gasteiger partial charge on any atom is 0.301 e. The lowest BCUT2D eigenvalue weighted by molar-refractivity contribution is -0.132. The van der Waals surface area contributed by atoms with E-state index < -0.39 is 17.7 Å². The fraction of sp³-hybridized carbons (Fsp3) is 0.233. The van der Waals surface area contributed by atoms with Crippen LogP contribution in [0.25, 0.3) is 16.0 Å². The summed E-state index contributed by atoms with van der Waals surface area (Å²) in [4.78, 5) is 33.2. The van der Waals surface area contributed by atoms with E-state index in [-0.39, 0.29) is 11.3 Å². The predicted octanol–water partition coefficient (Wildman–Crippen LogP) is 6.26. The lowest BCUT2D eigenvalue weighted by atomic mass is 9.95. The zero-order valence-electron chi connectivity index (χ0n) is 21.9. The molecule has 1 aliphatic rings. The SMILES string of the molecule is CCOc1ccc(C2/C(=C(\O)c3ccc(OC)c(C)c3)C(=O)C(=O)N2c2nc3c(C)cc(C)cc3s2)cc1. The highest BCUT2D eigenvalue weighted by Gasteiger charge is 2.48. The number of carbonyl (C=O) groups excluding carboxylic acids is 2. The fourth-order valence-electron chi connectivity index (χ4n) is 4.90. The number of benzene rings is 3. The van der Waals surface area contributed by atoms with Crippen molar-refractivity contribution in [1.29, 1.82) is 0 Å². The number of hydrogen-bond donors (Lipinski definition) is 1. The van der Waals surface area contributed by atoms with E-state index in [1.54, 1.807) is 37.4 Å². The number of thiazole rings is 1. The highest BCUT2D eigenvalue weighted by molar-refractivity contribution is 7.22. The highest BCUT2D eigenvalue weighted by Crippen LogP contribution is 2.45. The molecule has 8 heteroatoms. The normalized spacial score (nSPS) is 16.9. The van der Waals surface area contributed by atoms with Crippen LogP contribution in [0.3, 0.4) is 0 Å². The van der Waals surface area contributed by atoms with Gasteiger partial charge in [-0.3, -0.25) is 14.5 Å². The number of amides is 1. The van der Waals surface area contributed by atoms with Crippen LogP contribution in [0.1, 0.15) is 40.8 Å². The maximum absolute atomic E-state index is 13.6. The molecule has 0 bridgehead atoms. The van der Waals surface area contributed by atoms with Crippen LogP contribution in [0, 0.1) is 20.8 Å². The van der Waals surface area contributed by atoms with E-state index in [0.29, 0.717) is 34.4 Å². The molecule has 1 fully saturated rings. The zero-order chi connectivity index (χ0) is 27.1. The summed E-state index contributed by atoms with van der Waals surface area (Å²) in [5.41, 5.74) is 4.75. The van der Waals surface area contributed by atoms with Crippen molar-refractivity contribution in [3.8, 4) is 11.5 Å². The van der Waals surface area contributed by atoms with Gasteiger partial charge in [-0.25, -0.2) is 4.98 Å². The molecular formula is C30H28N2O5S. The van der Waals surface area contributed by atoms with Gasteiger partial charge in [-0.1, -0.05) is 29.5 Å². The summed E-state index contributed by atoms with van der Waals surface area (Å²) in [6.07, 6.45) is 0. The van der Waals surface area contributed by atoms with Gasteiger partial charge in [-0.05, 0) is 86.3 Å². The van der Waals surface area contributed by atoms with Crippen molar-refractivity contribution in [2.45, 2.75) is 33.7 Å². The molecule has 2 heterocycles. The van der Waals surface area contributed by atoms with Crippen molar-refractivity contribution >= 4 is 44.1 Å². The van der Waals surface area contributed by atoms with Gasteiger partial charge in [0, 0.05) is 5.56 Å². The van der Waals surface area contributed by atoms with Gasteiger partial charge in [-0.15, -0.1) is 0 Å². The monoisotopic (exact) mass is 528 g/mol. The van der Waals surface area contributed by atoms with Crippen LogP contribution in [0.4, 0.5) is 5.13 Å². The molecule has 1 N–H and O–H groups in total. The Morgan fingerprint density at radius 3 is 2.42 bits per heavy atom. The number of anilines is 1. The zero-order valence-corrected chi connectivity index (χ0v) is 22.7. The second-order valence-corrected chi connectivity index (χ2v) is 10.3. The Kier molecular flexibility index (Phi) is 6.67. The van der Waals surface area contributed by atoms with E-state index in [1.165, 1.54) is 16.2 Å². The summed E-state index contributed by atoms with van der Waals surface area (Å²) in [6.45, 7) is 8.25. The van der Waals surface area contributed by atoms with Gasteiger partial charge in [0.15, 0.2) is 5.13 Å². The van der Waals surface area contributed by atoms with Gasteiger partial charge in [-0.2, -0.15) is 0 Å². The first-order chi connectivity index (χ1) is 18.2. The number of aryl methyl sites for hydroxylation is 3. The van der Waals surface area contributed by atoms with Crippen molar-refractivity contribution in [3.05, 3.63) is 88.0 Å². The van der Waals surface area contributed by atoms with Gasteiger partial charge in [0.2, 0.25) is 0 Å². The van der Waals surface area contributed by atoms with Crippen molar-refractivity contribution in [2.75, 3.05) is 18.6 Å². The fourth-order valence-corrected chi connectivity index (χ4v) is 6.07. The van der Waals surface area contributed by atoms with Crippen LogP contribution in [0.15, 0.2) is 60.2 Å². The molecule has 1 unspecified atom stereocenters. The minimum atomic E-state index is -0.866. The molecule has 4 aromatic rings. The third-order valence-corrected chi connectivity index (χ3v) is 7.65. The topological polar surface area (TPSA) is 89.0 Å². The lowest BCUT2D eigenvalue weighted by Gasteiger charge is -2.23. The van der Waals surface area contributed by atoms with E-state index in [1.807, 2.05) is 52.0 Å². The predicted molar refractivity (Wildman–Crippen MR) is 149 cm³/mol. The smallest absolute Gasteiger partial charge is 0.301 e. The Bertz CT molecular complexity index is 1600. The van der Waals surface area contributed by atoms with Crippen molar-refractivity contribution < 1.29 is 24.2 Å². The number of fused-ring (bicyclic) bond motifs is 1. The summed E-state index contributed by atoms with van der Waals surface area (Å²) in [6, 6.07) is 15.5. The van der Waals surface area contributed by atoms with Crippen LogP contribution in [-0.2, 0) is 9.59 Å². The van der Waals surface area contributed by atoms with Crippen LogP contribution >= 0.6 is 11.3 Å². The number of aliphatic hydroxyl groups is 1. The highest BCUT2D eigenvalue weighted by atomic mass is 32.1. The Morgan fingerprint density at radius 2 is 1.76 bits per heavy atom. The van der Waals surface area contributed by atoms with Gasteiger partial charge in [0.05, 0.1) is 35.5 Å². The van der Waals surface area contributed by atoms with Crippen molar-refractivity contribution in [1.82, 2.24) is 4.98 Å². The van der Waals surface area contributed by atoms with Crippen molar-refractivity contribution in [3.63, 3.8) is 0 Å². The summed E-state index contributed by atoms with van der Waals surface area (Å²) in [5.74, 6) is -0.412. The number of aliphatic hydroxyl groups excluding tert-OH is 1. The Balaban J connectivity index is 1.71. The molecule has 7 nitrogen and oxygen atoms in total. The van der Waals surface area contributed by atoms with E-state index >= 15 is 0 Å². The average molecular weight is 529 g/mol. The number of ether oxygens (including phenoxy) is 2. The molecule has 1 saturated heterocycles. The second kappa shape index (κ2) is 9.95. The molecule has 194 valence electrons. The molecule has 1 amide bonds. The first-order valence-electron chi connectivity index (χ1n) is 12.3. The standard InChI is InChI=1S/C30H28N2O5S/c1-6-37-21-10-7-19(8-11-21)26-24(27(33)20-9-12-22(36-5)17(3)15-20)28(34)29(35)32(26)30-31-25-18(4)13-16(2)14-23(25)38-30/h7-15,26,33H,6H2,1-5H3/b27-24+. The number of methoxy groups -OCH3 is 1. The molecule has 3 aromatic carbocycles. The van der Waals surface area contributed by atoms with E-state index in [9.17, 15) is 14.7 Å². The van der Waals surface area contributed by atoms with Crippen LogP contribution in [0.2, 0.25) is 0 Å². The molecule has 0 aliphatic carbocycles. The number of rotatable bonds is 6. The summed E-state index contributed by atoms with van der Waals surface area (Å²) < 4.78 is 11.9. The van der Waals surface area contributed by atoms with E-state index in [4.69, 9.17) is 14.5 Å². The lowest BCUT2D eigenvalue weighted by Crippen LogP contribution is -2.29. The third-order valence-electron chi connectivity index (χ3n) is 6.64. The number of nitrogens with zero attached hydrogens (tertiary/aromatic N) is 2. The van der Waals surface area contributed by atoms with Gasteiger partial charge in [0.25, 0.3) is 5.78 Å². The number of aromatic nitrogens is 1. The Hall–Kier alpha value is -4.17. The minimum absolute atomic E-state index is 0.0101. The third kappa shape index (κ3) is 4.31. The molecule has 1 aliphatic heterocycles. The Morgan fingerprint density at radius 1 is 1.03 bits per heavy atom. The molecular weight excluding hydrogens is 500 g/mol. The van der Waals surface area contributed by atoms with Gasteiger partial charge >= 0.3 is 5.91 Å². The average Bonchev–Trinajstić information content (AvgIpc) is 3.43. The summed E-state index contributed by atoms with van der Waals surface area (Å²) >= 11 is 1.35. The number of carbonyl (C=O) groups is 2. The first-order valence-corrected chi connectivity index (χ1v) is 13.1. The second-order valence-electron chi connectivity index (χ2n) is 9.28. The largest absolute Gasteiger partial charge is 0.507 e. The Labute approximate surface area is 225 Å². The first kappa shape index (κ1) is 25.5. The van der Waals surface area contributed by atoms with Crippen LogP contribution in [-0.4, -0.2) is 35.5 Å². The molecule has 38 heavy (non-hydrogen) atoms. The van der Waals surface area contributed by atoms with Crippen molar-refractivity contribution in [2.24, 2.45) is 0 Å². The number of Topliss-reactive ketones (excluding diaryl/α,β-unsaturated/α-hetero) is 1. The minimum Gasteiger partial charge on any atom is -0.507 e. The van der Waals surface area contributed by atoms with E-state index in [2.05, 4.69) is 0 Å². The molecule has 1 atom stereocenters. The van der Waals surface area contributed by atoms with Gasteiger partial charge in [0.1, 0.15) is 17.3 Å². The molecule has 0 saturated carbocycles. The van der Waals surface area contributed by atoms with Crippen LogP contribution < -0.4 is 14.4 Å². The molecule has 5 rings (SSSR count). The van der Waals surface area contributed by atoms with Gasteiger partial charge < -0.3 is 14.6 Å². The van der Waals surface area contributed by atoms with E-state index in [0.717, 1.165) is 26.9 Å². The number of ketones is 1. The molecule has 0 radical (unpaired) electrons. The molecule has 0 spiro atoms. The number of hydrogen-bond acceptors (Lipinski definition) is 7. The van der Waals surface area contributed by atoms with Crippen LogP contribution in [0.5, 0.6) is 11.5 Å². The maximum atomic E-state index is 13.6. The summed E-state index contributed by atoms with van der Waals surface area (Å²) in [5, 5.41) is 11.9. The molecule has 1 aromatic heterocycles. The quantitative estimate of drug-likeness (QED) is 0.181.